The summed E-state index contributed by atoms with van der Waals surface area (Å²) in [5, 5.41) is 15.5. The maximum atomic E-state index is 11.7. The summed E-state index contributed by atoms with van der Waals surface area (Å²) >= 11 is 0. The Hall–Kier alpha value is -2.44. The van der Waals surface area contributed by atoms with E-state index in [1.165, 1.54) is 12.1 Å². The molecule has 0 unspecified atom stereocenters. The van der Waals surface area contributed by atoms with Crippen LogP contribution in [0.1, 0.15) is 27.4 Å². The third-order valence-electron chi connectivity index (χ3n) is 2.62. The summed E-state index contributed by atoms with van der Waals surface area (Å²) < 4.78 is 0. The molecule has 0 aliphatic carbocycles. The zero-order valence-electron chi connectivity index (χ0n) is 10.1. The molecule has 3 N–H and O–H groups in total. The molecule has 0 saturated carbocycles. The molecule has 0 aliphatic heterocycles. The van der Waals surface area contributed by atoms with Crippen molar-refractivity contribution in [2.24, 2.45) is 0 Å². The maximum absolute atomic E-state index is 11.7. The van der Waals surface area contributed by atoms with Crippen LogP contribution in [0.3, 0.4) is 0 Å². The zero-order chi connectivity index (χ0) is 13.1. The van der Waals surface area contributed by atoms with Gasteiger partial charge in [0.25, 0.3) is 11.5 Å². The normalized spacial score (nSPS) is 10.3. The highest BCUT2D eigenvalue weighted by molar-refractivity contribution is 5.91. The lowest BCUT2D eigenvalue weighted by Gasteiger charge is -2.04. The van der Waals surface area contributed by atoms with Crippen molar-refractivity contribution in [3.8, 4) is 0 Å². The number of carbonyl (C=O) groups is 1. The second-order valence-corrected chi connectivity index (χ2v) is 3.90. The lowest BCUT2D eigenvalue weighted by Crippen LogP contribution is -2.25. The molecule has 94 valence electrons. The predicted octanol–water partition coefficient (Wildman–Crippen LogP) is 0.0398. The van der Waals surface area contributed by atoms with Crippen molar-refractivity contribution in [1.82, 2.24) is 25.7 Å². The van der Waals surface area contributed by atoms with Crippen molar-refractivity contribution in [3.05, 3.63) is 45.1 Å². The molecule has 1 amide bonds. The molecule has 0 saturated heterocycles. The summed E-state index contributed by atoms with van der Waals surface area (Å²) in [5.41, 5.74) is 2.55. The Kier molecular flexibility index (Phi) is 3.22. The summed E-state index contributed by atoms with van der Waals surface area (Å²) in [6, 6.07) is 2.64. The van der Waals surface area contributed by atoms with Gasteiger partial charge < -0.3 is 5.32 Å². The van der Waals surface area contributed by atoms with Gasteiger partial charge in [0.1, 0.15) is 5.69 Å². The minimum absolute atomic E-state index is 0.174. The zero-order valence-corrected chi connectivity index (χ0v) is 10.1. The van der Waals surface area contributed by atoms with Crippen LogP contribution in [0.5, 0.6) is 0 Å². The lowest BCUT2D eigenvalue weighted by atomic mass is 10.2. The molecule has 0 atom stereocenters. The Bertz CT molecular complexity index is 589. The van der Waals surface area contributed by atoms with Crippen LogP contribution in [0.2, 0.25) is 0 Å². The molecule has 7 nitrogen and oxygen atoms in total. The number of aryl methyl sites for hydroxylation is 2. The van der Waals surface area contributed by atoms with Crippen molar-refractivity contribution in [2.45, 2.75) is 20.4 Å². The number of aromatic amines is 2. The molecule has 2 rings (SSSR count). The van der Waals surface area contributed by atoms with Crippen LogP contribution in [-0.2, 0) is 6.54 Å². The number of nitrogens with zero attached hydrogens (tertiary/aromatic N) is 2. The van der Waals surface area contributed by atoms with Crippen LogP contribution in [-0.4, -0.2) is 26.3 Å². The fourth-order valence-corrected chi connectivity index (χ4v) is 1.56. The van der Waals surface area contributed by atoms with E-state index < -0.39 is 0 Å². The Morgan fingerprint density at radius 1 is 1.28 bits per heavy atom. The smallest absolute Gasteiger partial charge is 0.271 e. The molecule has 2 aromatic heterocycles. The maximum Gasteiger partial charge on any atom is 0.271 e. The van der Waals surface area contributed by atoms with E-state index in [-0.39, 0.29) is 17.2 Å². The Morgan fingerprint density at radius 2 is 2.06 bits per heavy atom. The van der Waals surface area contributed by atoms with E-state index in [9.17, 15) is 9.59 Å². The van der Waals surface area contributed by atoms with E-state index in [1.807, 2.05) is 13.8 Å². The molecule has 2 heterocycles. The van der Waals surface area contributed by atoms with Gasteiger partial charge in [-0.2, -0.15) is 10.2 Å². The van der Waals surface area contributed by atoms with Gasteiger partial charge in [0, 0.05) is 23.9 Å². The quantitative estimate of drug-likeness (QED) is 0.712. The highest BCUT2D eigenvalue weighted by Gasteiger charge is 2.10. The molecule has 0 bridgehead atoms. The van der Waals surface area contributed by atoms with Gasteiger partial charge >= 0.3 is 0 Å². The number of rotatable bonds is 3. The summed E-state index contributed by atoms with van der Waals surface area (Å²) in [6.45, 7) is 4.12. The Balaban J connectivity index is 2.05. The van der Waals surface area contributed by atoms with Gasteiger partial charge in [0.15, 0.2) is 0 Å². The third kappa shape index (κ3) is 2.45. The largest absolute Gasteiger partial charge is 0.346 e. The van der Waals surface area contributed by atoms with E-state index >= 15 is 0 Å². The van der Waals surface area contributed by atoms with E-state index in [2.05, 4.69) is 25.7 Å². The van der Waals surface area contributed by atoms with Gasteiger partial charge in [-0.25, -0.2) is 5.10 Å². The van der Waals surface area contributed by atoms with Crippen molar-refractivity contribution in [3.63, 3.8) is 0 Å². The fourth-order valence-electron chi connectivity index (χ4n) is 1.56. The van der Waals surface area contributed by atoms with Gasteiger partial charge in [-0.05, 0) is 19.9 Å². The first kappa shape index (κ1) is 12.0. The average Bonchev–Trinajstić information content (AvgIpc) is 2.67. The van der Waals surface area contributed by atoms with Crippen LogP contribution in [0.15, 0.2) is 16.9 Å². The van der Waals surface area contributed by atoms with Gasteiger partial charge in [0.05, 0.1) is 5.69 Å². The average molecular weight is 247 g/mol. The summed E-state index contributed by atoms with van der Waals surface area (Å²) in [6.07, 6.45) is 0. The van der Waals surface area contributed by atoms with E-state index in [0.29, 0.717) is 6.54 Å². The van der Waals surface area contributed by atoms with Crippen molar-refractivity contribution in [2.75, 3.05) is 0 Å². The van der Waals surface area contributed by atoms with Crippen LogP contribution >= 0.6 is 0 Å². The van der Waals surface area contributed by atoms with Gasteiger partial charge in [0.2, 0.25) is 0 Å². The summed E-state index contributed by atoms with van der Waals surface area (Å²) in [5.74, 6) is -0.341. The van der Waals surface area contributed by atoms with Crippen LogP contribution < -0.4 is 10.9 Å². The molecule has 0 fully saturated rings. The fraction of sp³-hybridized carbons (Fsp3) is 0.273. The first-order valence-electron chi connectivity index (χ1n) is 5.42. The van der Waals surface area contributed by atoms with Crippen LogP contribution in [0.25, 0.3) is 0 Å². The topological polar surface area (TPSA) is 104 Å². The van der Waals surface area contributed by atoms with E-state index in [4.69, 9.17) is 0 Å². The predicted molar refractivity (Wildman–Crippen MR) is 64.1 cm³/mol. The number of H-pyrrole nitrogens is 2. The monoisotopic (exact) mass is 247 g/mol. The Labute approximate surface area is 103 Å². The second kappa shape index (κ2) is 4.82. The number of aromatic nitrogens is 4. The molecule has 7 heteroatoms. The molecule has 0 radical (unpaired) electrons. The van der Waals surface area contributed by atoms with Gasteiger partial charge in [-0.1, -0.05) is 0 Å². The number of hydrogen-bond acceptors (Lipinski definition) is 4. The van der Waals surface area contributed by atoms with Crippen molar-refractivity contribution < 1.29 is 4.79 Å². The molecule has 2 aromatic rings. The molecule has 0 spiro atoms. The highest BCUT2D eigenvalue weighted by Crippen LogP contribution is 2.08. The molecular weight excluding hydrogens is 234 g/mol. The minimum atomic E-state index is -0.341. The summed E-state index contributed by atoms with van der Waals surface area (Å²) in [4.78, 5) is 22.6. The molecule has 0 aliphatic rings. The molecule has 0 aromatic carbocycles. The number of carbonyl (C=O) groups excluding carboxylic acids is 1. The van der Waals surface area contributed by atoms with Crippen LogP contribution in [0.4, 0.5) is 0 Å². The second-order valence-electron chi connectivity index (χ2n) is 3.90. The first-order valence-corrected chi connectivity index (χ1v) is 5.42. The Morgan fingerprint density at radius 3 is 2.61 bits per heavy atom. The molecular formula is C11H13N5O2. The highest BCUT2D eigenvalue weighted by atomic mass is 16.2. The first-order chi connectivity index (χ1) is 8.58. The third-order valence-corrected chi connectivity index (χ3v) is 2.62. The summed E-state index contributed by atoms with van der Waals surface area (Å²) in [7, 11) is 0. The number of hydrogen-bond donors (Lipinski definition) is 3. The number of nitrogens with one attached hydrogen (secondary N) is 3. The van der Waals surface area contributed by atoms with Crippen molar-refractivity contribution in [1.29, 1.82) is 0 Å². The van der Waals surface area contributed by atoms with Crippen molar-refractivity contribution >= 4 is 5.91 Å². The van der Waals surface area contributed by atoms with Crippen LogP contribution in [0, 0.1) is 13.8 Å². The molecule has 18 heavy (non-hydrogen) atoms. The van der Waals surface area contributed by atoms with Gasteiger partial charge in [-0.15, -0.1) is 0 Å². The SMILES string of the molecule is Cc1n[nH]c(C)c1CNC(=O)c1ccc(=O)[nH]n1. The minimum Gasteiger partial charge on any atom is -0.346 e. The van der Waals surface area contributed by atoms with Gasteiger partial charge in [-0.3, -0.25) is 14.7 Å². The number of amides is 1. The van der Waals surface area contributed by atoms with E-state index in [0.717, 1.165) is 17.0 Å². The van der Waals surface area contributed by atoms with E-state index in [1.54, 1.807) is 0 Å². The standard InChI is InChI=1S/C11H13N5O2/c1-6-8(7(2)14-13-6)5-12-11(18)9-3-4-10(17)16-15-9/h3-4H,5H2,1-2H3,(H,12,18)(H,13,14)(H,16,17). The lowest BCUT2D eigenvalue weighted by molar-refractivity contribution is 0.0944.